The Morgan fingerprint density at radius 1 is 1.36 bits per heavy atom. The summed E-state index contributed by atoms with van der Waals surface area (Å²) in [6.07, 6.45) is 1.39. The van der Waals surface area contributed by atoms with Crippen LogP contribution in [0.2, 0.25) is 0 Å². The standard InChI is InChI=1S/C11H20N2O/c1-4-5-6-8-12-9-7-11(14)13-10(2)3/h10,12H,6-9H2,1-3H3,(H,13,14). The fourth-order valence-corrected chi connectivity index (χ4v) is 0.997. The molecule has 0 fully saturated rings. The van der Waals surface area contributed by atoms with E-state index < -0.39 is 0 Å². The van der Waals surface area contributed by atoms with E-state index in [1.807, 2.05) is 20.8 Å². The first-order valence-electron chi connectivity index (χ1n) is 5.06. The fourth-order valence-electron chi connectivity index (χ4n) is 0.997. The molecule has 0 aromatic carbocycles. The van der Waals surface area contributed by atoms with Gasteiger partial charge in [-0.25, -0.2) is 0 Å². The van der Waals surface area contributed by atoms with E-state index in [1.54, 1.807) is 0 Å². The summed E-state index contributed by atoms with van der Waals surface area (Å²) >= 11 is 0. The molecular formula is C11H20N2O. The molecule has 0 rings (SSSR count). The van der Waals surface area contributed by atoms with Gasteiger partial charge in [-0.05, 0) is 20.8 Å². The Morgan fingerprint density at radius 3 is 2.64 bits per heavy atom. The van der Waals surface area contributed by atoms with E-state index in [1.165, 1.54) is 0 Å². The number of nitrogens with one attached hydrogen (secondary N) is 2. The van der Waals surface area contributed by atoms with Gasteiger partial charge in [0.05, 0.1) is 0 Å². The highest BCUT2D eigenvalue weighted by molar-refractivity contribution is 5.76. The SMILES string of the molecule is CC#CCCNCCC(=O)NC(C)C. The molecule has 0 radical (unpaired) electrons. The smallest absolute Gasteiger partial charge is 0.221 e. The minimum atomic E-state index is 0.106. The molecule has 0 saturated heterocycles. The minimum Gasteiger partial charge on any atom is -0.354 e. The Hall–Kier alpha value is -1.01. The van der Waals surface area contributed by atoms with Crippen LogP contribution in [0.5, 0.6) is 0 Å². The first kappa shape index (κ1) is 13.0. The Balaban J connectivity index is 3.26. The summed E-state index contributed by atoms with van der Waals surface area (Å²) in [6.45, 7) is 7.33. The number of hydrogen-bond acceptors (Lipinski definition) is 2. The van der Waals surface area contributed by atoms with Crippen LogP contribution in [0.4, 0.5) is 0 Å². The molecule has 0 aliphatic carbocycles. The van der Waals surface area contributed by atoms with Crippen LogP contribution >= 0.6 is 0 Å². The van der Waals surface area contributed by atoms with E-state index in [0.29, 0.717) is 6.42 Å². The van der Waals surface area contributed by atoms with E-state index in [9.17, 15) is 4.79 Å². The number of amides is 1. The largest absolute Gasteiger partial charge is 0.354 e. The number of carbonyl (C=O) groups is 1. The maximum absolute atomic E-state index is 11.2. The second-order valence-corrected chi connectivity index (χ2v) is 3.40. The molecule has 0 aromatic rings. The van der Waals surface area contributed by atoms with Gasteiger partial charge >= 0.3 is 0 Å². The Morgan fingerprint density at radius 2 is 2.07 bits per heavy atom. The van der Waals surface area contributed by atoms with E-state index >= 15 is 0 Å². The Labute approximate surface area is 86.6 Å². The van der Waals surface area contributed by atoms with Gasteiger partial charge in [-0.1, -0.05) is 0 Å². The zero-order chi connectivity index (χ0) is 10.8. The minimum absolute atomic E-state index is 0.106. The molecule has 14 heavy (non-hydrogen) atoms. The molecule has 0 unspecified atom stereocenters. The molecule has 0 bridgehead atoms. The predicted molar refractivity (Wildman–Crippen MR) is 58.8 cm³/mol. The summed E-state index contributed by atoms with van der Waals surface area (Å²) < 4.78 is 0. The first-order chi connectivity index (χ1) is 6.66. The van der Waals surface area contributed by atoms with E-state index in [2.05, 4.69) is 22.5 Å². The third kappa shape index (κ3) is 9.08. The maximum atomic E-state index is 11.2. The van der Waals surface area contributed by atoms with Gasteiger partial charge in [0.1, 0.15) is 0 Å². The normalized spacial score (nSPS) is 9.43. The topological polar surface area (TPSA) is 41.1 Å². The van der Waals surface area contributed by atoms with Crippen LogP contribution in [0.3, 0.4) is 0 Å². The van der Waals surface area contributed by atoms with Crippen molar-refractivity contribution in [3.05, 3.63) is 0 Å². The van der Waals surface area contributed by atoms with Crippen molar-refractivity contribution in [2.45, 2.75) is 39.7 Å². The van der Waals surface area contributed by atoms with E-state index in [4.69, 9.17) is 0 Å². The molecule has 0 aliphatic heterocycles. The summed E-state index contributed by atoms with van der Waals surface area (Å²) in [7, 11) is 0. The van der Waals surface area contributed by atoms with Crippen LogP contribution in [0, 0.1) is 11.8 Å². The lowest BCUT2D eigenvalue weighted by Crippen LogP contribution is -2.32. The molecule has 0 atom stereocenters. The van der Waals surface area contributed by atoms with Crippen LogP contribution in [0.15, 0.2) is 0 Å². The molecular weight excluding hydrogens is 176 g/mol. The number of hydrogen-bond donors (Lipinski definition) is 2. The highest BCUT2D eigenvalue weighted by Gasteiger charge is 2.01. The van der Waals surface area contributed by atoms with Crippen LogP contribution < -0.4 is 10.6 Å². The van der Waals surface area contributed by atoms with Gasteiger partial charge < -0.3 is 10.6 Å². The summed E-state index contributed by atoms with van der Waals surface area (Å²) in [4.78, 5) is 11.2. The third-order valence-electron chi connectivity index (χ3n) is 1.58. The zero-order valence-corrected chi connectivity index (χ0v) is 9.31. The van der Waals surface area contributed by atoms with Gasteiger partial charge in [-0.3, -0.25) is 4.79 Å². The lowest BCUT2D eigenvalue weighted by atomic mass is 10.3. The summed E-state index contributed by atoms with van der Waals surface area (Å²) in [6, 6.07) is 0.230. The molecule has 2 N–H and O–H groups in total. The number of rotatable bonds is 6. The van der Waals surface area contributed by atoms with Gasteiger partial charge in [-0.15, -0.1) is 11.8 Å². The van der Waals surface area contributed by atoms with Gasteiger partial charge in [0, 0.05) is 32.0 Å². The molecule has 0 heterocycles. The van der Waals surface area contributed by atoms with Crippen LogP contribution in [0.1, 0.15) is 33.6 Å². The molecule has 0 spiro atoms. The average molecular weight is 196 g/mol. The molecule has 3 nitrogen and oxygen atoms in total. The lowest BCUT2D eigenvalue weighted by molar-refractivity contribution is -0.121. The van der Waals surface area contributed by atoms with Gasteiger partial charge in [0.25, 0.3) is 0 Å². The zero-order valence-electron chi connectivity index (χ0n) is 9.31. The van der Waals surface area contributed by atoms with Crippen LogP contribution in [0.25, 0.3) is 0 Å². The highest BCUT2D eigenvalue weighted by Crippen LogP contribution is 1.82. The fraction of sp³-hybridized carbons (Fsp3) is 0.727. The van der Waals surface area contributed by atoms with Gasteiger partial charge in [-0.2, -0.15) is 0 Å². The average Bonchev–Trinajstić information content (AvgIpc) is 2.10. The quantitative estimate of drug-likeness (QED) is 0.489. The van der Waals surface area contributed by atoms with Crippen molar-refractivity contribution in [2.75, 3.05) is 13.1 Å². The Kier molecular flexibility index (Phi) is 7.96. The van der Waals surface area contributed by atoms with E-state index in [0.717, 1.165) is 19.5 Å². The lowest BCUT2D eigenvalue weighted by Gasteiger charge is -2.08. The van der Waals surface area contributed by atoms with Crippen molar-refractivity contribution in [1.82, 2.24) is 10.6 Å². The van der Waals surface area contributed by atoms with E-state index in [-0.39, 0.29) is 11.9 Å². The van der Waals surface area contributed by atoms with Crippen molar-refractivity contribution < 1.29 is 4.79 Å². The summed E-state index contributed by atoms with van der Waals surface area (Å²) in [5.41, 5.74) is 0. The van der Waals surface area contributed by atoms with Gasteiger partial charge in [0.2, 0.25) is 5.91 Å². The molecule has 3 heteroatoms. The van der Waals surface area contributed by atoms with Crippen molar-refractivity contribution in [3.63, 3.8) is 0 Å². The summed E-state index contributed by atoms with van der Waals surface area (Å²) in [5, 5.41) is 6.00. The summed E-state index contributed by atoms with van der Waals surface area (Å²) in [5.74, 6) is 5.89. The van der Waals surface area contributed by atoms with Crippen LogP contribution in [-0.2, 0) is 4.79 Å². The second-order valence-electron chi connectivity index (χ2n) is 3.40. The predicted octanol–water partition coefficient (Wildman–Crippen LogP) is 0.904. The first-order valence-corrected chi connectivity index (χ1v) is 5.06. The van der Waals surface area contributed by atoms with Gasteiger partial charge in [0.15, 0.2) is 0 Å². The van der Waals surface area contributed by atoms with Crippen molar-refractivity contribution in [1.29, 1.82) is 0 Å². The maximum Gasteiger partial charge on any atom is 0.221 e. The van der Waals surface area contributed by atoms with Crippen molar-refractivity contribution in [2.24, 2.45) is 0 Å². The van der Waals surface area contributed by atoms with Crippen LogP contribution in [-0.4, -0.2) is 25.0 Å². The monoisotopic (exact) mass is 196 g/mol. The second kappa shape index (κ2) is 8.58. The molecule has 0 aromatic heterocycles. The van der Waals surface area contributed by atoms with Crippen molar-refractivity contribution in [3.8, 4) is 11.8 Å². The highest BCUT2D eigenvalue weighted by atomic mass is 16.1. The molecule has 1 amide bonds. The molecule has 0 saturated carbocycles. The Bertz CT molecular complexity index is 213. The number of carbonyl (C=O) groups excluding carboxylic acids is 1. The molecule has 0 aliphatic rings. The third-order valence-corrected chi connectivity index (χ3v) is 1.58. The van der Waals surface area contributed by atoms with Crippen molar-refractivity contribution >= 4 is 5.91 Å². The molecule has 80 valence electrons.